The molecular formula is C20H26N2O4. The summed E-state index contributed by atoms with van der Waals surface area (Å²) in [5.41, 5.74) is 1.09. The van der Waals surface area contributed by atoms with E-state index in [0.717, 1.165) is 44.3 Å². The number of carbonyl (C=O) groups excluding carboxylic acids is 2. The molecule has 1 aromatic rings. The van der Waals surface area contributed by atoms with E-state index < -0.39 is 5.60 Å². The fourth-order valence-electron chi connectivity index (χ4n) is 4.12. The third-order valence-electron chi connectivity index (χ3n) is 5.65. The first-order chi connectivity index (χ1) is 12.6. The molecule has 0 unspecified atom stereocenters. The van der Waals surface area contributed by atoms with Crippen LogP contribution >= 0.6 is 0 Å². The summed E-state index contributed by atoms with van der Waals surface area (Å²) in [6.45, 7) is 5.34. The van der Waals surface area contributed by atoms with E-state index in [-0.39, 0.29) is 18.4 Å². The van der Waals surface area contributed by atoms with E-state index in [0.29, 0.717) is 31.1 Å². The van der Waals surface area contributed by atoms with E-state index in [2.05, 4.69) is 0 Å². The van der Waals surface area contributed by atoms with Crippen molar-refractivity contribution in [2.45, 2.75) is 38.2 Å². The van der Waals surface area contributed by atoms with Gasteiger partial charge in [0, 0.05) is 25.9 Å². The number of rotatable bonds is 2. The van der Waals surface area contributed by atoms with Gasteiger partial charge in [0.15, 0.2) is 0 Å². The summed E-state index contributed by atoms with van der Waals surface area (Å²) in [5, 5.41) is 0. The van der Waals surface area contributed by atoms with Crippen molar-refractivity contribution in [2.24, 2.45) is 0 Å². The molecule has 1 spiro atoms. The summed E-state index contributed by atoms with van der Waals surface area (Å²) in [4.78, 5) is 29.5. The molecule has 3 aliphatic rings. The molecular weight excluding hydrogens is 332 g/mol. The first-order valence-corrected chi connectivity index (χ1v) is 9.51. The summed E-state index contributed by atoms with van der Waals surface area (Å²) in [6, 6.07) is 5.71. The minimum absolute atomic E-state index is 0.0363. The van der Waals surface area contributed by atoms with Gasteiger partial charge in [-0.25, -0.2) is 0 Å². The average molecular weight is 358 g/mol. The third-order valence-corrected chi connectivity index (χ3v) is 5.65. The highest BCUT2D eigenvalue weighted by Crippen LogP contribution is 2.35. The molecule has 3 aliphatic heterocycles. The van der Waals surface area contributed by atoms with Crippen molar-refractivity contribution in [1.82, 2.24) is 9.80 Å². The van der Waals surface area contributed by atoms with E-state index in [4.69, 9.17) is 9.47 Å². The lowest BCUT2D eigenvalue weighted by Gasteiger charge is -2.39. The van der Waals surface area contributed by atoms with Crippen molar-refractivity contribution >= 4 is 11.8 Å². The summed E-state index contributed by atoms with van der Waals surface area (Å²) in [6.07, 6.45) is 3.54. The maximum Gasteiger partial charge on any atom is 0.258 e. The Hall–Kier alpha value is -2.08. The first kappa shape index (κ1) is 17.3. The van der Waals surface area contributed by atoms with Crippen molar-refractivity contribution in [3.8, 4) is 5.75 Å². The zero-order chi connectivity index (χ0) is 18.1. The lowest BCUT2D eigenvalue weighted by Crippen LogP contribution is -2.52. The Morgan fingerprint density at radius 3 is 2.65 bits per heavy atom. The number of ether oxygens (including phenoxy) is 2. The highest BCUT2D eigenvalue weighted by atomic mass is 16.5. The molecule has 3 heterocycles. The SMILES string of the molecule is Cc1ccc2c(c1)C(=O)N(CC(=O)N1CCCC1)CC1(CCOCC1)O2. The van der Waals surface area contributed by atoms with Crippen LogP contribution in [0.2, 0.25) is 0 Å². The number of carbonyl (C=O) groups is 2. The Bertz CT molecular complexity index is 706. The Morgan fingerprint density at radius 1 is 1.19 bits per heavy atom. The van der Waals surface area contributed by atoms with Crippen LogP contribution in [0.25, 0.3) is 0 Å². The molecule has 2 saturated heterocycles. The number of aryl methyl sites for hydroxylation is 1. The number of amides is 2. The van der Waals surface area contributed by atoms with Crippen LogP contribution in [0.1, 0.15) is 41.6 Å². The topological polar surface area (TPSA) is 59.1 Å². The molecule has 0 saturated carbocycles. The maximum atomic E-state index is 13.2. The largest absolute Gasteiger partial charge is 0.484 e. The second-order valence-electron chi connectivity index (χ2n) is 7.65. The van der Waals surface area contributed by atoms with Crippen molar-refractivity contribution in [2.75, 3.05) is 39.4 Å². The second-order valence-corrected chi connectivity index (χ2v) is 7.65. The predicted molar refractivity (Wildman–Crippen MR) is 96.3 cm³/mol. The van der Waals surface area contributed by atoms with Crippen LogP contribution in [0.5, 0.6) is 5.75 Å². The monoisotopic (exact) mass is 358 g/mol. The number of hydrogen-bond acceptors (Lipinski definition) is 4. The molecule has 1 aromatic carbocycles. The van der Waals surface area contributed by atoms with Gasteiger partial charge < -0.3 is 19.3 Å². The van der Waals surface area contributed by atoms with Gasteiger partial charge in [-0.1, -0.05) is 11.6 Å². The molecule has 0 atom stereocenters. The number of fused-ring (bicyclic) bond motifs is 1. The van der Waals surface area contributed by atoms with Gasteiger partial charge in [-0.3, -0.25) is 9.59 Å². The molecule has 2 fully saturated rings. The van der Waals surface area contributed by atoms with Crippen LogP contribution in [0, 0.1) is 6.92 Å². The highest BCUT2D eigenvalue weighted by Gasteiger charge is 2.42. The first-order valence-electron chi connectivity index (χ1n) is 9.51. The molecule has 6 heteroatoms. The predicted octanol–water partition coefficient (Wildman–Crippen LogP) is 2.00. The maximum absolute atomic E-state index is 13.2. The number of likely N-dealkylation sites (tertiary alicyclic amines) is 1. The molecule has 0 radical (unpaired) electrons. The number of hydrogen-bond donors (Lipinski definition) is 0. The molecule has 26 heavy (non-hydrogen) atoms. The fourth-order valence-corrected chi connectivity index (χ4v) is 4.12. The van der Waals surface area contributed by atoms with Gasteiger partial charge in [-0.2, -0.15) is 0 Å². The van der Waals surface area contributed by atoms with Gasteiger partial charge in [-0.15, -0.1) is 0 Å². The summed E-state index contributed by atoms with van der Waals surface area (Å²) in [5.74, 6) is 0.549. The van der Waals surface area contributed by atoms with E-state index >= 15 is 0 Å². The molecule has 2 amide bonds. The second kappa shape index (κ2) is 6.91. The lowest BCUT2D eigenvalue weighted by atomic mass is 9.93. The van der Waals surface area contributed by atoms with Crippen molar-refractivity contribution in [3.63, 3.8) is 0 Å². The molecule has 0 aliphatic carbocycles. The van der Waals surface area contributed by atoms with Crippen LogP contribution in [-0.2, 0) is 9.53 Å². The standard InChI is InChI=1S/C20H26N2O4/c1-15-4-5-17-16(12-15)19(24)22(13-18(23)21-8-2-3-9-21)14-20(26-17)6-10-25-11-7-20/h4-5,12H,2-3,6-11,13-14H2,1H3. The Kier molecular flexibility index (Phi) is 4.61. The normalized spacial score (nSPS) is 22.1. The van der Waals surface area contributed by atoms with Crippen LogP contribution < -0.4 is 4.74 Å². The molecule has 0 bridgehead atoms. The minimum atomic E-state index is -0.473. The third kappa shape index (κ3) is 3.30. The molecule has 140 valence electrons. The fraction of sp³-hybridized carbons (Fsp3) is 0.600. The summed E-state index contributed by atoms with van der Waals surface area (Å²) >= 11 is 0. The van der Waals surface area contributed by atoms with Crippen LogP contribution in [0.3, 0.4) is 0 Å². The van der Waals surface area contributed by atoms with Gasteiger partial charge in [0.05, 0.1) is 25.3 Å². The zero-order valence-electron chi connectivity index (χ0n) is 15.3. The van der Waals surface area contributed by atoms with Gasteiger partial charge >= 0.3 is 0 Å². The van der Waals surface area contributed by atoms with Gasteiger partial charge in [0.25, 0.3) is 5.91 Å². The van der Waals surface area contributed by atoms with E-state index in [1.54, 1.807) is 4.90 Å². The van der Waals surface area contributed by atoms with Crippen molar-refractivity contribution < 1.29 is 19.1 Å². The van der Waals surface area contributed by atoms with Gasteiger partial charge in [-0.05, 0) is 31.9 Å². The average Bonchev–Trinajstić information content (AvgIpc) is 3.15. The Labute approximate surface area is 154 Å². The van der Waals surface area contributed by atoms with Crippen LogP contribution in [0.15, 0.2) is 18.2 Å². The smallest absolute Gasteiger partial charge is 0.258 e. The lowest BCUT2D eigenvalue weighted by molar-refractivity contribution is -0.131. The summed E-state index contributed by atoms with van der Waals surface area (Å²) in [7, 11) is 0. The highest BCUT2D eigenvalue weighted by molar-refractivity contribution is 5.99. The van der Waals surface area contributed by atoms with E-state index in [1.807, 2.05) is 30.0 Å². The van der Waals surface area contributed by atoms with E-state index in [1.165, 1.54) is 0 Å². The molecule has 6 nitrogen and oxygen atoms in total. The van der Waals surface area contributed by atoms with Crippen molar-refractivity contribution in [3.05, 3.63) is 29.3 Å². The van der Waals surface area contributed by atoms with E-state index in [9.17, 15) is 9.59 Å². The minimum Gasteiger partial charge on any atom is -0.484 e. The quantitative estimate of drug-likeness (QED) is 0.811. The van der Waals surface area contributed by atoms with Crippen molar-refractivity contribution in [1.29, 1.82) is 0 Å². The molecule has 0 N–H and O–H groups in total. The van der Waals surface area contributed by atoms with Gasteiger partial charge in [0.1, 0.15) is 17.9 Å². The van der Waals surface area contributed by atoms with Gasteiger partial charge in [0.2, 0.25) is 5.91 Å². The Morgan fingerprint density at radius 2 is 1.92 bits per heavy atom. The van der Waals surface area contributed by atoms with Crippen LogP contribution in [0.4, 0.5) is 0 Å². The Balaban J connectivity index is 1.65. The molecule has 4 rings (SSSR count). The molecule has 0 aromatic heterocycles. The van der Waals surface area contributed by atoms with Crippen LogP contribution in [-0.4, -0.2) is 66.6 Å². The number of nitrogens with zero attached hydrogens (tertiary/aromatic N) is 2. The number of benzene rings is 1. The summed E-state index contributed by atoms with van der Waals surface area (Å²) < 4.78 is 11.9. The zero-order valence-corrected chi connectivity index (χ0v) is 15.3.